The highest BCUT2D eigenvalue weighted by molar-refractivity contribution is 6.41. The van der Waals surface area contributed by atoms with Crippen LogP contribution in [0.3, 0.4) is 0 Å². The summed E-state index contributed by atoms with van der Waals surface area (Å²) in [5.74, 6) is 0. The van der Waals surface area contributed by atoms with E-state index in [-0.39, 0.29) is 0 Å². The van der Waals surface area contributed by atoms with Crippen LogP contribution in [0.5, 0.6) is 0 Å². The molecule has 0 atom stereocenters. The maximum atomic E-state index is 8.24. The van der Waals surface area contributed by atoms with Gasteiger partial charge in [0.05, 0.1) is 10.0 Å². The number of isocyanates is 2. The van der Waals surface area contributed by atoms with Gasteiger partial charge in [0.2, 0.25) is 0 Å². The van der Waals surface area contributed by atoms with Crippen LogP contribution in [0, 0.1) is 0 Å². The van der Waals surface area contributed by atoms with Crippen molar-refractivity contribution in [1.82, 2.24) is 0 Å². The van der Waals surface area contributed by atoms with Crippen molar-refractivity contribution in [2.75, 3.05) is 0 Å². The summed E-state index contributed by atoms with van der Waals surface area (Å²) < 4.78 is 0. The molecule has 14 heavy (non-hydrogen) atoms. The highest BCUT2D eigenvalue weighted by atomic mass is 35.5. The number of nitrogens with zero attached hydrogens (tertiary/aromatic N) is 2. The lowest BCUT2D eigenvalue weighted by atomic mass is 10.4. The van der Waals surface area contributed by atoms with Crippen LogP contribution in [-0.2, 0) is 9.59 Å². The average molecular weight is 231 g/mol. The Labute approximate surface area is 90.5 Å². The number of rotatable bonds is 0. The fourth-order valence-electron chi connectivity index (χ4n) is 0.439. The molecule has 0 bridgehead atoms. The first-order valence-electron chi connectivity index (χ1n) is 3.06. The second-order valence-electron chi connectivity index (χ2n) is 1.60. The molecular formula is C8H4Cl2N2O2-2. The molecule has 0 aliphatic heterocycles. The maximum Gasteiger partial charge on any atom is 0.0592 e. The SMILES string of the molecule is Clc1ccccc1Cl.[N-]=C=O.[N-]=C=O. The Bertz CT molecular complexity index is 297. The summed E-state index contributed by atoms with van der Waals surface area (Å²) in [5.41, 5.74) is 0. The molecule has 0 radical (unpaired) electrons. The van der Waals surface area contributed by atoms with E-state index in [1.807, 2.05) is 12.1 Å². The third-order valence-electron chi connectivity index (χ3n) is 0.824. The van der Waals surface area contributed by atoms with Gasteiger partial charge < -0.3 is 10.8 Å². The van der Waals surface area contributed by atoms with Crippen molar-refractivity contribution in [2.45, 2.75) is 0 Å². The number of carbonyl (C=O) groups excluding carboxylic acids is 2. The van der Waals surface area contributed by atoms with Gasteiger partial charge in [-0.15, -0.1) is 0 Å². The molecule has 0 saturated heterocycles. The van der Waals surface area contributed by atoms with Gasteiger partial charge in [0.15, 0.2) is 0 Å². The summed E-state index contributed by atoms with van der Waals surface area (Å²) in [6.07, 6.45) is 1.00. The molecule has 4 nitrogen and oxygen atoms in total. The lowest BCUT2D eigenvalue weighted by molar-refractivity contribution is 0.568. The highest BCUT2D eigenvalue weighted by Gasteiger charge is 1.89. The van der Waals surface area contributed by atoms with Crippen LogP contribution < -0.4 is 0 Å². The molecule has 1 aromatic carbocycles. The standard InChI is InChI=1S/C6H4Cl2.2CNO/c7-5-3-1-2-4-6(5)8;2*2-1-3/h1-4H;;/q;2*-1. The lowest BCUT2D eigenvalue weighted by Gasteiger charge is -1.88. The van der Waals surface area contributed by atoms with E-state index in [1.165, 1.54) is 0 Å². The van der Waals surface area contributed by atoms with E-state index in [9.17, 15) is 0 Å². The minimum atomic E-state index is 0.500. The normalized spacial score (nSPS) is 6.43. The molecule has 0 aromatic heterocycles. The number of benzene rings is 1. The summed E-state index contributed by atoms with van der Waals surface area (Å²) in [4.78, 5) is 16.5. The Morgan fingerprint density at radius 3 is 1.29 bits per heavy atom. The molecule has 0 fully saturated rings. The topological polar surface area (TPSA) is 78.7 Å². The molecular weight excluding hydrogens is 227 g/mol. The molecule has 0 spiro atoms. The predicted octanol–water partition coefficient (Wildman–Crippen LogP) is 2.78. The maximum absolute atomic E-state index is 8.24. The van der Waals surface area contributed by atoms with Crippen molar-refractivity contribution in [3.63, 3.8) is 0 Å². The van der Waals surface area contributed by atoms with Gasteiger partial charge in [-0.2, -0.15) is 0 Å². The van der Waals surface area contributed by atoms with Crippen LogP contribution in [-0.4, -0.2) is 12.2 Å². The third kappa shape index (κ3) is 10.6. The van der Waals surface area contributed by atoms with Gasteiger partial charge in [0.1, 0.15) is 0 Å². The quantitative estimate of drug-likeness (QED) is 0.508. The second-order valence-corrected chi connectivity index (χ2v) is 2.41. The van der Waals surface area contributed by atoms with Gasteiger partial charge in [-0.25, -0.2) is 0 Å². The van der Waals surface area contributed by atoms with Crippen LogP contribution in [0.4, 0.5) is 0 Å². The van der Waals surface area contributed by atoms with Gasteiger partial charge in [-0.3, -0.25) is 9.59 Å². The Morgan fingerprint density at radius 1 is 0.929 bits per heavy atom. The molecule has 1 rings (SSSR count). The predicted molar refractivity (Wildman–Crippen MR) is 54.6 cm³/mol. The Kier molecular flexibility index (Phi) is 12.4. The summed E-state index contributed by atoms with van der Waals surface area (Å²) >= 11 is 11.2. The van der Waals surface area contributed by atoms with Crippen LogP contribution in [0.25, 0.3) is 10.8 Å². The number of hydrogen-bond donors (Lipinski definition) is 0. The smallest absolute Gasteiger partial charge is 0.0592 e. The molecule has 0 unspecified atom stereocenters. The molecule has 0 N–H and O–H groups in total. The zero-order valence-electron chi connectivity index (χ0n) is 6.78. The molecule has 1 aromatic rings. The molecule has 0 aliphatic rings. The van der Waals surface area contributed by atoms with E-state index in [0.717, 1.165) is 0 Å². The molecule has 0 saturated carbocycles. The number of halogens is 2. The zero-order chi connectivity index (χ0) is 11.4. The zero-order valence-corrected chi connectivity index (χ0v) is 8.29. The molecule has 0 amide bonds. The van der Waals surface area contributed by atoms with Crippen LogP contribution in [0.2, 0.25) is 10.0 Å². The summed E-state index contributed by atoms with van der Waals surface area (Å²) in [6.45, 7) is 0. The van der Waals surface area contributed by atoms with E-state index >= 15 is 0 Å². The van der Waals surface area contributed by atoms with E-state index in [1.54, 1.807) is 12.1 Å². The van der Waals surface area contributed by atoms with Crippen molar-refractivity contribution in [3.05, 3.63) is 45.1 Å². The Morgan fingerprint density at radius 2 is 1.14 bits per heavy atom. The second kappa shape index (κ2) is 11.6. The first-order chi connectivity index (χ1) is 6.63. The largest absolute Gasteiger partial charge is 0.724 e. The van der Waals surface area contributed by atoms with Gasteiger partial charge in [-0.1, -0.05) is 35.3 Å². The van der Waals surface area contributed by atoms with Gasteiger partial charge in [-0.05, 0) is 24.3 Å². The average Bonchev–Trinajstić information content (AvgIpc) is 2.13. The first-order valence-corrected chi connectivity index (χ1v) is 3.82. The van der Waals surface area contributed by atoms with Gasteiger partial charge in [0.25, 0.3) is 0 Å². The van der Waals surface area contributed by atoms with E-state index < -0.39 is 0 Å². The first kappa shape index (κ1) is 15.1. The van der Waals surface area contributed by atoms with Crippen LogP contribution in [0.15, 0.2) is 24.3 Å². The number of hydrogen-bond acceptors (Lipinski definition) is 2. The lowest BCUT2D eigenvalue weighted by Crippen LogP contribution is -1.62. The van der Waals surface area contributed by atoms with Crippen molar-refractivity contribution in [2.24, 2.45) is 0 Å². The van der Waals surface area contributed by atoms with Crippen LogP contribution >= 0.6 is 23.2 Å². The molecule has 74 valence electrons. The van der Waals surface area contributed by atoms with Gasteiger partial charge >= 0.3 is 0 Å². The fourth-order valence-corrected chi connectivity index (χ4v) is 0.711. The van der Waals surface area contributed by atoms with E-state index in [0.29, 0.717) is 22.2 Å². The Balaban J connectivity index is 0. The minimum absolute atomic E-state index is 0.500. The van der Waals surface area contributed by atoms with Crippen molar-refractivity contribution in [3.8, 4) is 0 Å². The Hall–Kier alpha value is -1.44. The highest BCUT2D eigenvalue weighted by Crippen LogP contribution is 2.19. The summed E-state index contributed by atoms with van der Waals surface area (Å²) in [7, 11) is 0. The summed E-state index contributed by atoms with van der Waals surface area (Å²) in [6, 6.07) is 7.19. The third-order valence-corrected chi connectivity index (χ3v) is 1.58. The van der Waals surface area contributed by atoms with Gasteiger partial charge in [0, 0.05) is 0 Å². The molecule has 0 aliphatic carbocycles. The monoisotopic (exact) mass is 230 g/mol. The minimum Gasteiger partial charge on any atom is -0.724 e. The summed E-state index contributed by atoms with van der Waals surface area (Å²) in [5, 5.41) is 14.7. The van der Waals surface area contributed by atoms with Crippen LogP contribution in [0.1, 0.15) is 0 Å². The van der Waals surface area contributed by atoms with E-state index in [2.05, 4.69) is 0 Å². The molecule has 6 heteroatoms. The van der Waals surface area contributed by atoms with Crippen molar-refractivity contribution in [1.29, 1.82) is 0 Å². The fraction of sp³-hybridized carbons (Fsp3) is 0. The van der Waals surface area contributed by atoms with Crippen molar-refractivity contribution < 1.29 is 9.59 Å². The van der Waals surface area contributed by atoms with E-state index in [4.69, 9.17) is 43.6 Å². The van der Waals surface area contributed by atoms with Crippen molar-refractivity contribution >= 4 is 35.4 Å². The molecule has 0 heterocycles.